The van der Waals surface area contributed by atoms with Gasteiger partial charge in [0.2, 0.25) is 5.91 Å². The van der Waals surface area contributed by atoms with E-state index in [4.69, 9.17) is 11.6 Å². The Morgan fingerprint density at radius 3 is 2.79 bits per heavy atom. The van der Waals surface area contributed by atoms with Crippen LogP contribution in [0.15, 0.2) is 36.7 Å². The molecule has 1 aliphatic rings. The third kappa shape index (κ3) is 4.09. The first-order valence-corrected chi connectivity index (χ1v) is 8.76. The molecule has 1 saturated heterocycles. The van der Waals surface area contributed by atoms with Gasteiger partial charge in [0.05, 0.1) is 16.9 Å². The summed E-state index contributed by atoms with van der Waals surface area (Å²) in [4.78, 5) is 16.7. The zero-order valence-electron chi connectivity index (χ0n) is 14.0. The van der Waals surface area contributed by atoms with Crippen molar-refractivity contribution in [2.75, 3.05) is 31.1 Å². The van der Waals surface area contributed by atoms with E-state index >= 15 is 0 Å². The molecule has 1 amide bonds. The van der Waals surface area contributed by atoms with E-state index in [1.165, 1.54) is 0 Å². The molecule has 0 aliphatic carbocycles. The van der Waals surface area contributed by atoms with Crippen LogP contribution in [0.25, 0.3) is 0 Å². The van der Waals surface area contributed by atoms with Crippen LogP contribution in [0.2, 0.25) is 5.02 Å². The number of benzene rings is 1. The van der Waals surface area contributed by atoms with E-state index in [-0.39, 0.29) is 5.91 Å². The first-order chi connectivity index (χ1) is 11.6. The van der Waals surface area contributed by atoms with E-state index in [1.807, 2.05) is 48.6 Å². The van der Waals surface area contributed by atoms with Crippen molar-refractivity contribution in [1.82, 2.24) is 14.7 Å². The number of carbonyl (C=O) groups is 1. The predicted octanol–water partition coefficient (Wildman–Crippen LogP) is 2.75. The van der Waals surface area contributed by atoms with Crippen LogP contribution >= 0.6 is 11.6 Å². The molecule has 0 radical (unpaired) electrons. The largest absolute Gasteiger partial charge is 0.368 e. The molecule has 0 saturated carbocycles. The highest BCUT2D eigenvalue weighted by molar-refractivity contribution is 6.33. The van der Waals surface area contributed by atoms with Gasteiger partial charge in [0.25, 0.3) is 0 Å². The topological polar surface area (TPSA) is 41.4 Å². The lowest BCUT2D eigenvalue weighted by Gasteiger charge is -2.24. The van der Waals surface area contributed by atoms with E-state index < -0.39 is 0 Å². The Kier molecular flexibility index (Phi) is 5.41. The van der Waals surface area contributed by atoms with Crippen molar-refractivity contribution >= 4 is 23.2 Å². The van der Waals surface area contributed by atoms with Crippen LogP contribution in [0.1, 0.15) is 18.4 Å². The smallest absolute Gasteiger partial charge is 0.222 e. The number of anilines is 1. The maximum Gasteiger partial charge on any atom is 0.222 e. The highest BCUT2D eigenvalue weighted by Crippen LogP contribution is 2.26. The third-order valence-electron chi connectivity index (χ3n) is 4.43. The number of amides is 1. The molecule has 0 bridgehead atoms. The number of hydrogen-bond donors (Lipinski definition) is 0. The zero-order valence-corrected chi connectivity index (χ0v) is 14.7. The van der Waals surface area contributed by atoms with Crippen molar-refractivity contribution in [3.63, 3.8) is 0 Å². The lowest BCUT2D eigenvalue weighted by Crippen LogP contribution is -2.35. The van der Waals surface area contributed by atoms with Gasteiger partial charge in [0, 0.05) is 45.8 Å². The molecule has 1 aromatic carbocycles. The zero-order chi connectivity index (χ0) is 16.9. The number of aromatic nitrogens is 2. The second kappa shape index (κ2) is 7.71. The second-order valence-corrected chi connectivity index (χ2v) is 6.60. The summed E-state index contributed by atoms with van der Waals surface area (Å²) in [5.41, 5.74) is 2.17. The Labute approximate surface area is 147 Å². The SMILES string of the molecule is Cn1cc(CCC(=O)N2CCCN(c3ccccc3Cl)CC2)cn1. The number of para-hydroxylation sites is 1. The normalized spacial score (nSPS) is 15.4. The highest BCUT2D eigenvalue weighted by Gasteiger charge is 2.20. The van der Waals surface area contributed by atoms with E-state index in [1.54, 1.807) is 4.68 Å². The van der Waals surface area contributed by atoms with Gasteiger partial charge in [-0.05, 0) is 30.5 Å². The van der Waals surface area contributed by atoms with Crippen LogP contribution in [0, 0.1) is 0 Å². The van der Waals surface area contributed by atoms with Crippen LogP contribution in [0.4, 0.5) is 5.69 Å². The van der Waals surface area contributed by atoms with Crippen molar-refractivity contribution in [2.24, 2.45) is 7.05 Å². The molecule has 0 unspecified atom stereocenters. The number of nitrogens with zero attached hydrogens (tertiary/aromatic N) is 4. The third-order valence-corrected chi connectivity index (χ3v) is 4.75. The molecule has 2 aromatic rings. The Morgan fingerprint density at radius 1 is 1.21 bits per heavy atom. The molecule has 128 valence electrons. The fourth-order valence-corrected chi connectivity index (χ4v) is 3.38. The van der Waals surface area contributed by atoms with Crippen LogP contribution < -0.4 is 4.90 Å². The number of halogens is 1. The highest BCUT2D eigenvalue weighted by atomic mass is 35.5. The Bertz CT molecular complexity index is 700. The lowest BCUT2D eigenvalue weighted by atomic mass is 10.2. The van der Waals surface area contributed by atoms with Gasteiger partial charge in [-0.25, -0.2) is 0 Å². The number of rotatable bonds is 4. The molecule has 2 heterocycles. The summed E-state index contributed by atoms with van der Waals surface area (Å²) in [6.45, 7) is 3.31. The van der Waals surface area contributed by atoms with Gasteiger partial charge in [-0.3, -0.25) is 9.48 Å². The van der Waals surface area contributed by atoms with Crippen LogP contribution in [-0.2, 0) is 18.3 Å². The number of hydrogen-bond acceptors (Lipinski definition) is 3. The predicted molar refractivity (Wildman–Crippen MR) is 96.4 cm³/mol. The molecular formula is C18H23ClN4O. The van der Waals surface area contributed by atoms with E-state index in [9.17, 15) is 4.79 Å². The van der Waals surface area contributed by atoms with Crippen LogP contribution in [0.5, 0.6) is 0 Å². The number of aryl methyl sites for hydroxylation is 2. The first-order valence-electron chi connectivity index (χ1n) is 8.38. The average molecular weight is 347 g/mol. The minimum atomic E-state index is 0.222. The minimum Gasteiger partial charge on any atom is -0.368 e. The molecule has 0 spiro atoms. The summed E-state index contributed by atoms with van der Waals surface area (Å²) in [5, 5.41) is 4.92. The second-order valence-electron chi connectivity index (χ2n) is 6.20. The summed E-state index contributed by atoms with van der Waals surface area (Å²) in [7, 11) is 1.89. The molecule has 0 N–H and O–H groups in total. The van der Waals surface area contributed by atoms with Gasteiger partial charge < -0.3 is 9.80 Å². The quantitative estimate of drug-likeness (QED) is 0.854. The molecule has 1 aliphatic heterocycles. The number of carbonyl (C=O) groups excluding carboxylic acids is 1. The summed E-state index contributed by atoms with van der Waals surface area (Å²) in [6, 6.07) is 7.90. The Hall–Kier alpha value is -2.01. The molecule has 0 atom stereocenters. The minimum absolute atomic E-state index is 0.222. The standard InChI is InChI=1S/C18H23ClN4O/c1-21-14-15(13-20-21)7-8-18(24)23-10-4-9-22(11-12-23)17-6-3-2-5-16(17)19/h2-3,5-6,13-14H,4,7-12H2,1H3. The van der Waals surface area contributed by atoms with Gasteiger partial charge >= 0.3 is 0 Å². The van der Waals surface area contributed by atoms with E-state index in [0.717, 1.165) is 55.3 Å². The monoisotopic (exact) mass is 346 g/mol. The Morgan fingerprint density at radius 2 is 2.04 bits per heavy atom. The van der Waals surface area contributed by atoms with Gasteiger partial charge in [-0.15, -0.1) is 0 Å². The van der Waals surface area contributed by atoms with Crippen molar-refractivity contribution in [2.45, 2.75) is 19.3 Å². The molecule has 6 heteroatoms. The van der Waals surface area contributed by atoms with Crippen LogP contribution in [-0.4, -0.2) is 46.8 Å². The molecule has 5 nitrogen and oxygen atoms in total. The maximum absolute atomic E-state index is 12.5. The van der Waals surface area contributed by atoms with Crippen LogP contribution in [0.3, 0.4) is 0 Å². The first kappa shape index (κ1) is 16.8. The van der Waals surface area contributed by atoms with Gasteiger partial charge in [-0.2, -0.15) is 5.10 Å². The van der Waals surface area contributed by atoms with E-state index in [2.05, 4.69) is 10.00 Å². The van der Waals surface area contributed by atoms with Gasteiger partial charge in [-0.1, -0.05) is 23.7 Å². The fraction of sp³-hybridized carbons (Fsp3) is 0.444. The maximum atomic E-state index is 12.5. The summed E-state index contributed by atoms with van der Waals surface area (Å²) in [6.07, 6.45) is 6.04. The average Bonchev–Trinajstić information content (AvgIpc) is 2.84. The molecule has 3 rings (SSSR count). The molecule has 24 heavy (non-hydrogen) atoms. The fourth-order valence-electron chi connectivity index (χ4n) is 3.13. The van der Waals surface area contributed by atoms with E-state index in [0.29, 0.717) is 6.42 Å². The molecule has 1 aromatic heterocycles. The van der Waals surface area contributed by atoms with Gasteiger partial charge in [0.1, 0.15) is 0 Å². The summed E-state index contributed by atoms with van der Waals surface area (Å²) in [5.74, 6) is 0.222. The molecule has 1 fully saturated rings. The molecular weight excluding hydrogens is 324 g/mol. The summed E-state index contributed by atoms with van der Waals surface area (Å²) >= 11 is 6.30. The van der Waals surface area contributed by atoms with Crippen molar-refractivity contribution in [3.05, 3.63) is 47.2 Å². The summed E-state index contributed by atoms with van der Waals surface area (Å²) < 4.78 is 1.77. The van der Waals surface area contributed by atoms with Crippen molar-refractivity contribution in [1.29, 1.82) is 0 Å². The Balaban J connectivity index is 1.55. The lowest BCUT2D eigenvalue weighted by molar-refractivity contribution is -0.130. The van der Waals surface area contributed by atoms with Crippen molar-refractivity contribution in [3.8, 4) is 0 Å². The van der Waals surface area contributed by atoms with Crippen molar-refractivity contribution < 1.29 is 4.79 Å². The van der Waals surface area contributed by atoms with Gasteiger partial charge in [0.15, 0.2) is 0 Å².